The van der Waals surface area contributed by atoms with E-state index in [1.54, 1.807) is 18.3 Å². The average Bonchev–Trinajstić information content (AvgIpc) is 3.29. The smallest absolute Gasteiger partial charge is 0.296 e. The molecule has 0 saturated heterocycles. The second-order valence-electron chi connectivity index (χ2n) is 7.05. The Kier molecular flexibility index (Phi) is 4.92. The summed E-state index contributed by atoms with van der Waals surface area (Å²) in [6.45, 7) is 0.972. The van der Waals surface area contributed by atoms with Crippen LogP contribution in [0.5, 0.6) is 0 Å². The van der Waals surface area contributed by atoms with E-state index in [1.807, 2.05) is 6.92 Å². The van der Waals surface area contributed by atoms with Gasteiger partial charge >= 0.3 is 0 Å². The third kappa shape index (κ3) is 3.66. The lowest BCUT2D eigenvalue weighted by molar-refractivity contribution is -0.114. The van der Waals surface area contributed by atoms with Crippen LogP contribution in [0.15, 0.2) is 36.8 Å². The molecule has 1 fully saturated rings. The molecule has 0 bridgehead atoms. The second-order valence-corrected chi connectivity index (χ2v) is 7.05. The number of ether oxygens (including phenoxy) is 1. The summed E-state index contributed by atoms with van der Waals surface area (Å²) in [5.74, 6) is -2.72. The topological polar surface area (TPSA) is 75.7 Å². The highest BCUT2D eigenvalue weighted by atomic mass is 19.3. The van der Waals surface area contributed by atoms with Gasteiger partial charge in [0.25, 0.3) is 5.92 Å². The molecule has 0 spiro atoms. The molecule has 1 aliphatic carbocycles. The molecule has 4 rings (SSSR count). The number of aromatic amines is 1. The van der Waals surface area contributed by atoms with Crippen molar-refractivity contribution in [2.45, 2.75) is 44.0 Å². The van der Waals surface area contributed by atoms with Crippen LogP contribution in [0.1, 0.15) is 24.0 Å². The number of alkyl halides is 3. The average molecular weight is 391 g/mol. The van der Waals surface area contributed by atoms with Crippen molar-refractivity contribution in [3.05, 3.63) is 47.9 Å². The number of benzene rings is 1. The van der Waals surface area contributed by atoms with Crippen molar-refractivity contribution in [1.82, 2.24) is 20.2 Å². The van der Waals surface area contributed by atoms with E-state index in [4.69, 9.17) is 4.74 Å². The van der Waals surface area contributed by atoms with E-state index in [-0.39, 0.29) is 5.56 Å². The minimum Gasteiger partial charge on any atom is -0.368 e. The van der Waals surface area contributed by atoms with Gasteiger partial charge in [0, 0.05) is 5.56 Å². The molecule has 0 aliphatic heterocycles. The minimum atomic E-state index is -3.17. The summed E-state index contributed by atoms with van der Waals surface area (Å²) in [4.78, 5) is 8.15. The number of nitrogens with one attached hydrogen (secondary N) is 2. The van der Waals surface area contributed by atoms with Gasteiger partial charge < -0.3 is 10.1 Å². The number of H-pyrrole nitrogens is 1. The molecule has 2 N–H and O–H groups in total. The molecule has 0 amide bonds. The molecule has 9 heteroatoms. The Morgan fingerprint density at radius 1 is 1.21 bits per heavy atom. The molecule has 1 aromatic carbocycles. The third-order valence-electron chi connectivity index (χ3n) is 5.02. The fourth-order valence-corrected chi connectivity index (χ4v) is 3.40. The molecule has 28 heavy (non-hydrogen) atoms. The number of aromatic nitrogens is 4. The molecule has 3 aromatic rings. The summed E-state index contributed by atoms with van der Waals surface area (Å²) in [7, 11) is 0. The Bertz CT molecular complexity index is 946. The number of rotatable bonds is 6. The van der Waals surface area contributed by atoms with Crippen LogP contribution < -0.4 is 5.32 Å². The van der Waals surface area contributed by atoms with Crippen LogP contribution in [0.25, 0.3) is 11.0 Å². The number of hydrogen-bond acceptors (Lipinski definition) is 5. The standard InChI is InChI=1S/C19H20F3N5O/c1-11-2-4-12(5-3-11)19(21,22)9-28-15-7-6-14(16(15)20)26-17-13-8-25-27-18(13)24-10-23-17/h2-5,8,10,14-16H,6-7,9H2,1H3,(H2,23,24,25,26,27)/t14-,15-,16+/m0/s1. The Hall–Kier alpha value is -2.68. The molecule has 148 valence electrons. The minimum absolute atomic E-state index is 0.135. The van der Waals surface area contributed by atoms with Gasteiger partial charge in [-0.05, 0) is 19.8 Å². The first-order chi connectivity index (χ1) is 13.4. The normalized spacial score (nSPS) is 22.6. The van der Waals surface area contributed by atoms with E-state index in [1.165, 1.54) is 18.5 Å². The van der Waals surface area contributed by atoms with Gasteiger partial charge in [0.2, 0.25) is 0 Å². The maximum absolute atomic E-state index is 14.8. The summed E-state index contributed by atoms with van der Waals surface area (Å²) < 4.78 is 48.8. The first kappa shape index (κ1) is 18.7. The first-order valence-electron chi connectivity index (χ1n) is 9.05. The Labute approximate surface area is 159 Å². The van der Waals surface area contributed by atoms with Gasteiger partial charge in [0.15, 0.2) is 5.65 Å². The van der Waals surface area contributed by atoms with Gasteiger partial charge in [-0.2, -0.15) is 13.9 Å². The molecule has 1 aliphatic rings. The molecule has 0 radical (unpaired) electrons. The van der Waals surface area contributed by atoms with E-state index >= 15 is 0 Å². The Morgan fingerprint density at radius 2 is 2.00 bits per heavy atom. The summed E-state index contributed by atoms with van der Waals surface area (Å²) in [5.41, 5.74) is 1.30. The fourth-order valence-electron chi connectivity index (χ4n) is 3.40. The summed E-state index contributed by atoms with van der Waals surface area (Å²) in [6, 6.07) is 5.40. The number of aryl methyl sites for hydroxylation is 1. The maximum Gasteiger partial charge on any atom is 0.296 e. The summed E-state index contributed by atoms with van der Waals surface area (Å²) >= 11 is 0. The van der Waals surface area contributed by atoms with Gasteiger partial charge in [-0.15, -0.1) is 0 Å². The van der Waals surface area contributed by atoms with Crippen LogP contribution in [0.3, 0.4) is 0 Å². The van der Waals surface area contributed by atoms with Gasteiger partial charge in [-0.25, -0.2) is 14.4 Å². The molecular formula is C19H20F3N5O. The third-order valence-corrected chi connectivity index (χ3v) is 5.02. The van der Waals surface area contributed by atoms with Gasteiger partial charge in [0.05, 0.1) is 23.7 Å². The van der Waals surface area contributed by atoms with Crippen molar-refractivity contribution in [2.75, 3.05) is 11.9 Å². The number of nitrogens with zero attached hydrogens (tertiary/aromatic N) is 3. The van der Waals surface area contributed by atoms with E-state index in [0.717, 1.165) is 5.56 Å². The quantitative estimate of drug-likeness (QED) is 0.669. The van der Waals surface area contributed by atoms with Crippen molar-refractivity contribution < 1.29 is 17.9 Å². The molecule has 6 nitrogen and oxygen atoms in total. The zero-order valence-electron chi connectivity index (χ0n) is 15.2. The lowest BCUT2D eigenvalue weighted by Gasteiger charge is -2.23. The molecule has 2 heterocycles. The molecule has 0 unspecified atom stereocenters. The molecule has 1 saturated carbocycles. The van der Waals surface area contributed by atoms with Crippen LogP contribution in [-0.2, 0) is 10.7 Å². The van der Waals surface area contributed by atoms with Crippen molar-refractivity contribution >= 4 is 16.9 Å². The van der Waals surface area contributed by atoms with E-state index < -0.39 is 30.8 Å². The largest absolute Gasteiger partial charge is 0.368 e. The molecular weight excluding hydrogens is 371 g/mol. The predicted molar refractivity (Wildman–Crippen MR) is 98.0 cm³/mol. The van der Waals surface area contributed by atoms with Crippen molar-refractivity contribution in [3.8, 4) is 0 Å². The SMILES string of the molecule is Cc1ccc(C(F)(F)CO[C@H]2CC[C@H](Nc3ncnc4[nH]ncc34)[C@H]2F)cc1. The van der Waals surface area contributed by atoms with Crippen LogP contribution in [0.2, 0.25) is 0 Å². The lowest BCUT2D eigenvalue weighted by Crippen LogP contribution is -2.35. The molecule has 3 atom stereocenters. The lowest BCUT2D eigenvalue weighted by atomic mass is 10.1. The maximum atomic E-state index is 14.8. The highest BCUT2D eigenvalue weighted by molar-refractivity contribution is 5.85. The van der Waals surface area contributed by atoms with Crippen LogP contribution in [0.4, 0.5) is 19.0 Å². The zero-order valence-corrected chi connectivity index (χ0v) is 15.2. The van der Waals surface area contributed by atoms with Gasteiger partial charge in [-0.1, -0.05) is 29.8 Å². The summed E-state index contributed by atoms with van der Waals surface area (Å²) in [6.07, 6.45) is 1.38. The van der Waals surface area contributed by atoms with Crippen molar-refractivity contribution in [1.29, 1.82) is 0 Å². The van der Waals surface area contributed by atoms with E-state index in [9.17, 15) is 13.2 Å². The predicted octanol–water partition coefficient (Wildman–Crippen LogP) is 3.75. The molecule has 2 aromatic heterocycles. The van der Waals surface area contributed by atoms with Gasteiger partial charge in [-0.3, -0.25) is 5.10 Å². The highest BCUT2D eigenvalue weighted by Crippen LogP contribution is 2.33. The van der Waals surface area contributed by atoms with Crippen LogP contribution >= 0.6 is 0 Å². The van der Waals surface area contributed by atoms with Crippen molar-refractivity contribution in [2.24, 2.45) is 0 Å². The Morgan fingerprint density at radius 3 is 2.79 bits per heavy atom. The monoisotopic (exact) mass is 391 g/mol. The number of anilines is 1. The number of halogens is 3. The first-order valence-corrected chi connectivity index (χ1v) is 9.05. The van der Waals surface area contributed by atoms with Crippen molar-refractivity contribution in [3.63, 3.8) is 0 Å². The Balaban J connectivity index is 1.38. The van der Waals surface area contributed by atoms with E-state index in [2.05, 4.69) is 25.5 Å². The van der Waals surface area contributed by atoms with Gasteiger partial charge in [0.1, 0.15) is 24.9 Å². The van der Waals surface area contributed by atoms with Crippen LogP contribution in [-0.4, -0.2) is 45.1 Å². The number of fused-ring (bicyclic) bond motifs is 1. The van der Waals surface area contributed by atoms with E-state index in [0.29, 0.717) is 29.7 Å². The zero-order chi connectivity index (χ0) is 19.7. The fraction of sp³-hybridized carbons (Fsp3) is 0.421. The summed E-state index contributed by atoms with van der Waals surface area (Å²) in [5, 5.41) is 10.3. The van der Waals surface area contributed by atoms with Crippen LogP contribution in [0, 0.1) is 6.92 Å². The second kappa shape index (κ2) is 7.38. The number of hydrogen-bond donors (Lipinski definition) is 2. The highest BCUT2D eigenvalue weighted by Gasteiger charge is 2.40.